The second kappa shape index (κ2) is 7.74. The van der Waals surface area contributed by atoms with E-state index in [9.17, 15) is 9.59 Å². The first kappa shape index (κ1) is 19.6. The van der Waals surface area contributed by atoms with Crippen molar-refractivity contribution in [2.75, 3.05) is 25.1 Å². The number of hydrogen-bond donors (Lipinski definition) is 0. The summed E-state index contributed by atoms with van der Waals surface area (Å²) in [5.74, 6) is 0.147. The fourth-order valence-corrected chi connectivity index (χ4v) is 4.44. The topological polar surface area (TPSA) is 67.7 Å². The van der Waals surface area contributed by atoms with Crippen LogP contribution in [0.3, 0.4) is 0 Å². The average Bonchev–Trinajstić information content (AvgIpc) is 3.05. The van der Waals surface area contributed by atoms with Crippen molar-refractivity contribution >= 4 is 29.1 Å². The van der Waals surface area contributed by atoms with E-state index in [1.807, 2.05) is 54.6 Å². The Kier molecular flexibility index (Phi) is 4.90. The second-order valence-electron chi connectivity index (χ2n) is 7.70. The average molecular weight is 437 g/mol. The van der Waals surface area contributed by atoms with Crippen molar-refractivity contribution in [2.45, 2.75) is 19.0 Å². The Morgan fingerprint density at radius 1 is 1.10 bits per heavy atom. The number of carbonyl (C=O) groups excluding carboxylic acids is 2. The number of nitrogens with zero attached hydrogens (tertiary/aromatic N) is 4. The Morgan fingerprint density at radius 3 is 2.65 bits per heavy atom. The summed E-state index contributed by atoms with van der Waals surface area (Å²) in [5.41, 5.74) is 2.78. The quantitative estimate of drug-likeness (QED) is 0.633. The molecule has 0 N–H and O–H groups in total. The highest BCUT2D eigenvalue weighted by molar-refractivity contribution is 6.31. The third-order valence-electron chi connectivity index (χ3n) is 5.84. The molecule has 0 bridgehead atoms. The van der Waals surface area contributed by atoms with Gasteiger partial charge in [-0.1, -0.05) is 54.1 Å². The molecule has 158 valence electrons. The van der Waals surface area contributed by atoms with Crippen LogP contribution in [0.2, 0.25) is 5.15 Å². The van der Waals surface area contributed by atoms with Crippen molar-refractivity contribution in [3.8, 4) is 5.75 Å². The number of aromatic nitrogens is 2. The third-order valence-corrected chi connectivity index (χ3v) is 6.26. The van der Waals surface area contributed by atoms with Gasteiger partial charge in [0.05, 0.1) is 12.2 Å². The van der Waals surface area contributed by atoms with E-state index in [0.717, 1.165) is 11.1 Å². The van der Waals surface area contributed by atoms with Gasteiger partial charge in [-0.05, 0) is 24.1 Å². The molecule has 2 aliphatic rings. The maximum Gasteiger partial charge on any atom is 0.275 e. The minimum atomic E-state index is -0.726. The summed E-state index contributed by atoms with van der Waals surface area (Å²) in [5, 5.41) is 4.98. The van der Waals surface area contributed by atoms with Gasteiger partial charge in [0.2, 0.25) is 0 Å². The van der Waals surface area contributed by atoms with Gasteiger partial charge in [0.15, 0.2) is 5.69 Å². The first-order valence-corrected chi connectivity index (χ1v) is 10.5. The molecule has 8 heteroatoms. The predicted octanol–water partition coefficient (Wildman–Crippen LogP) is 3.01. The molecule has 1 aromatic heterocycles. The Morgan fingerprint density at radius 2 is 1.84 bits per heavy atom. The van der Waals surface area contributed by atoms with Gasteiger partial charge in [-0.3, -0.25) is 9.59 Å². The molecule has 0 saturated carbocycles. The van der Waals surface area contributed by atoms with Crippen LogP contribution in [0.1, 0.15) is 21.6 Å². The highest BCUT2D eigenvalue weighted by atomic mass is 35.5. The SMILES string of the molecule is CN1C(=O)[C@@H](N2CCc3c(nn(Cc4ccccc4)c3Cl)C2=O)COc2ccccc21. The van der Waals surface area contributed by atoms with Gasteiger partial charge in [-0.25, -0.2) is 4.68 Å². The first-order chi connectivity index (χ1) is 15.0. The number of rotatable bonds is 3. The minimum absolute atomic E-state index is 0.0969. The zero-order valence-electron chi connectivity index (χ0n) is 17.0. The summed E-state index contributed by atoms with van der Waals surface area (Å²) in [6.07, 6.45) is 0.537. The van der Waals surface area contributed by atoms with Crippen LogP contribution in [0.25, 0.3) is 0 Å². The van der Waals surface area contributed by atoms with Crippen LogP contribution in [0.5, 0.6) is 5.75 Å². The highest BCUT2D eigenvalue weighted by Crippen LogP contribution is 2.33. The predicted molar refractivity (Wildman–Crippen MR) is 117 cm³/mol. The molecule has 0 radical (unpaired) electrons. The molecule has 2 amide bonds. The summed E-state index contributed by atoms with van der Waals surface area (Å²) < 4.78 is 7.54. The van der Waals surface area contributed by atoms with Crippen molar-refractivity contribution < 1.29 is 14.3 Å². The molecule has 0 unspecified atom stereocenters. The number of anilines is 1. The zero-order chi connectivity index (χ0) is 21.5. The van der Waals surface area contributed by atoms with Crippen molar-refractivity contribution in [1.29, 1.82) is 0 Å². The van der Waals surface area contributed by atoms with Gasteiger partial charge in [-0.2, -0.15) is 5.10 Å². The number of benzene rings is 2. The van der Waals surface area contributed by atoms with Crippen LogP contribution < -0.4 is 9.64 Å². The van der Waals surface area contributed by atoms with Crippen LogP contribution in [-0.2, 0) is 17.8 Å². The minimum Gasteiger partial charge on any atom is -0.489 e. The van der Waals surface area contributed by atoms with Crippen LogP contribution >= 0.6 is 11.6 Å². The standard InChI is InChI=1S/C23H21ClN4O3/c1-26-17-9-5-6-10-19(17)31-14-18(22(26)29)27-12-11-16-20(23(27)30)25-28(21(16)24)13-15-7-3-2-4-8-15/h2-10,18H,11-14H2,1H3/t18-/m0/s1. The van der Waals surface area contributed by atoms with Gasteiger partial charge in [0, 0.05) is 19.2 Å². The van der Waals surface area contributed by atoms with E-state index < -0.39 is 6.04 Å². The van der Waals surface area contributed by atoms with E-state index in [1.165, 1.54) is 0 Å². The van der Waals surface area contributed by atoms with E-state index >= 15 is 0 Å². The highest BCUT2D eigenvalue weighted by Gasteiger charge is 2.40. The van der Waals surface area contributed by atoms with Gasteiger partial charge in [0.25, 0.3) is 11.8 Å². The van der Waals surface area contributed by atoms with E-state index in [-0.39, 0.29) is 18.4 Å². The molecule has 0 saturated heterocycles. The summed E-state index contributed by atoms with van der Waals surface area (Å²) in [6, 6.07) is 16.5. The third kappa shape index (κ3) is 3.35. The van der Waals surface area contributed by atoms with Crippen LogP contribution in [0.15, 0.2) is 54.6 Å². The molecule has 5 rings (SSSR count). The number of hydrogen-bond acceptors (Lipinski definition) is 4. The van der Waals surface area contributed by atoms with E-state index in [0.29, 0.717) is 41.8 Å². The van der Waals surface area contributed by atoms with Crippen molar-refractivity contribution in [2.24, 2.45) is 0 Å². The molecular weight excluding hydrogens is 416 g/mol. The fourth-order valence-electron chi connectivity index (χ4n) is 4.16. The molecular formula is C23H21ClN4O3. The number of para-hydroxylation sites is 2. The first-order valence-electron chi connectivity index (χ1n) is 10.1. The molecule has 7 nitrogen and oxygen atoms in total. The molecule has 3 heterocycles. The normalized spacial score (nSPS) is 18.3. The molecule has 2 aromatic carbocycles. The second-order valence-corrected chi connectivity index (χ2v) is 8.06. The number of likely N-dealkylation sites (N-methyl/N-ethyl adjacent to an activating group) is 1. The van der Waals surface area contributed by atoms with Crippen LogP contribution in [0, 0.1) is 0 Å². The Bertz CT molecular complexity index is 1160. The van der Waals surface area contributed by atoms with Crippen molar-refractivity contribution in [1.82, 2.24) is 14.7 Å². The van der Waals surface area contributed by atoms with E-state index in [2.05, 4.69) is 5.10 Å². The lowest BCUT2D eigenvalue weighted by molar-refractivity contribution is -0.123. The molecule has 31 heavy (non-hydrogen) atoms. The number of halogens is 1. The van der Waals surface area contributed by atoms with Gasteiger partial charge in [-0.15, -0.1) is 0 Å². The Labute approximate surface area is 184 Å². The molecule has 1 atom stereocenters. The summed E-state index contributed by atoms with van der Waals surface area (Å²) in [4.78, 5) is 29.6. The molecule has 3 aromatic rings. The summed E-state index contributed by atoms with van der Waals surface area (Å²) in [6.45, 7) is 0.954. The van der Waals surface area contributed by atoms with Crippen LogP contribution in [0.4, 0.5) is 5.69 Å². The van der Waals surface area contributed by atoms with Crippen molar-refractivity contribution in [3.63, 3.8) is 0 Å². The van der Waals surface area contributed by atoms with Crippen LogP contribution in [-0.4, -0.2) is 52.7 Å². The van der Waals surface area contributed by atoms with E-state index in [4.69, 9.17) is 16.3 Å². The van der Waals surface area contributed by atoms with Gasteiger partial charge < -0.3 is 14.5 Å². The monoisotopic (exact) mass is 436 g/mol. The lowest BCUT2D eigenvalue weighted by Crippen LogP contribution is -2.54. The molecule has 0 fully saturated rings. The number of carbonyl (C=O) groups is 2. The number of fused-ring (bicyclic) bond motifs is 2. The van der Waals surface area contributed by atoms with E-state index in [1.54, 1.807) is 21.5 Å². The fraction of sp³-hybridized carbons (Fsp3) is 0.261. The lowest BCUT2D eigenvalue weighted by atomic mass is 10.0. The van der Waals surface area contributed by atoms with Gasteiger partial charge >= 0.3 is 0 Å². The maximum absolute atomic E-state index is 13.3. The Hall–Kier alpha value is -3.32. The lowest BCUT2D eigenvalue weighted by Gasteiger charge is -2.33. The molecule has 0 spiro atoms. The maximum atomic E-state index is 13.3. The molecule has 2 aliphatic heterocycles. The van der Waals surface area contributed by atoms with Gasteiger partial charge in [0.1, 0.15) is 23.6 Å². The summed E-state index contributed by atoms with van der Waals surface area (Å²) >= 11 is 6.56. The zero-order valence-corrected chi connectivity index (χ0v) is 17.7. The summed E-state index contributed by atoms with van der Waals surface area (Å²) in [7, 11) is 1.70. The number of amides is 2. The molecule has 0 aliphatic carbocycles. The van der Waals surface area contributed by atoms with Crippen molar-refractivity contribution in [3.05, 3.63) is 76.6 Å². The smallest absolute Gasteiger partial charge is 0.275 e. The largest absolute Gasteiger partial charge is 0.489 e. The Balaban J connectivity index is 1.42. The number of ether oxygens (including phenoxy) is 1.